The molecule has 1 unspecified atom stereocenters. The van der Waals surface area contributed by atoms with E-state index in [1.165, 1.54) is 0 Å². The molecule has 1 N–H and O–H groups in total. The number of hydrogen-bond acceptors (Lipinski definition) is 4. The minimum Gasteiger partial charge on any atom is -0.313 e. The van der Waals surface area contributed by atoms with E-state index in [9.17, 15) is 8.42 Å². The van der Waals surface area contributed by atoms with E-state index < -0.39 is 10.0 Å². The Labute approximate surface area is 149 Å². The minimum absolute atomic E-state index is 0. The second kappa shape index (κ2) is 8.07. The number of hydrogen-bond donors (Lipinski definition) is 1. The Morgan fingerprint density at radius 2 is 2.00 bits per heavy atom. The summed E-state index contributed by atoms with van der Waals surface area (Å²) in [5.74, 6) is 0. The summed E-state index contributed by atoms with van der Waals surface area (Å²) in [6.45, 7) is 3.76. The normalized spacial score (nSPS) is 18.8. The Kier molecular flexibility index (Phi) is 6.34. The number of rotatable bonds is 4. The number of halogens is 1. The molecule has 1 aliphatic rings. The second-order valence-electron chi connectivity index (χ2n) is 5.62. The van der Waals surface area contributed by atoms with E-state index in [1.807, 2.05) is 24.3 Å². The SMILES string of the molecule is CCc1ccc(S(=O)(=O)N2CCNCC2c2cccnc2)cc1.Cl. The van der Waals surface area contributed by atoms with Gasteiger partial charge in [-0.3, -0.25) is 4.98 Å². The number of nitrogens with zero attached hydrogens (tertiary/aromatic N) is 2. The maximum Gasteiger partial charge on any atom is 0.243 e. The number of piperazine rings is 1. The molecule has 0 aliphatic carbocycles. The van der Waals surface area contributed by atoms with Crippen molar-refractivity contribution in [1.82, 2.24) is 14.6 Å². The summed E-state index contributed by atoms with van der Waals surface area (Å²) in [7, 11) is -3.52. The van der Waals surface area contributed by atoms with E-state index in [0.717, 1.165) is 17.5 Å². The maximum absolute atomic E-state index is 13.0. The van der Waals surface area contributed by atoms with Crippen LogP contribution in [0.5, 0.6) is 0 Å². The summed E-state index contributed by atoms with van der Waals surface area (Å²) in [6.07, 6.45) is 4.33. The third-order valence-corrected chi connectivity index (χ3v) is 6.12. The van der Waals surface area contributed by atoms with E-state index in [4.69, 9.17) is 0 Å². The van der Waals surface area contributed by atoms with E-state index >= 15 is 0 Å². The summed E-state index contributed by atoms with van der Waals surface area (Å²) < 4.78 is 27.7. The lowest BCUT2D eigenvalue weighted by atomic mass is 10.1. The van der Waals surface area contributed by atoms with E-state index in [-0.39, 0.29) is 18.4 Å². The lowest BCUT2D eigenvalue weighted by molar-refractivity contribution is 0.271. The van der Waals surface area contributed by atoms with Crippen LogP contribution in [-0.2, 0) is 16.4 Å². The first kappa shape index (κ1) is 18.9. The quantitative estimate of drug-likeness (QED) is 0.901. The van der Waals surface area contributed by atoms with Gasteiger partial charge in [0.25, 0.3) is 0 Å². The number of pyridine rings is 1. The highest BCUT2D eigenvalue weighted by Gasteiger charge is 2.34. The van der Waals surface area contributed by atoms with Gasteiger partial charge in [0.1, 0.15) is 0 Å². The van der Waals surface area contributed by atoms with Crippen LogP contribution in [-0.4, -0.2) is 37.3 Å². The fraction of sp³-hybridized carbons (Fsp3) is 0.353. The number of nitrogens with one attached hydrogen (secondary N) is 1. The Morgan fingerprint density at radius 3 is 2.62 bits per heavy atom. The molecule has 24 heavy (non-hydrogen) atoms. The zero-order chi connectivity index (χ0) is 16.3. The van der Waals surface area contributed by atoms with Crippen LogP contribution in [0.15, 0.2) is 53.7 Å². The van der Waals surface area contributed by atoms with Gasteiger partial charge in [0.2, 0.25) is 10.0 Å². The minimum atomic E-state index is -3.52. The molecule has 1 atom stereocenters. The first-order chi connectivity index (χ1) is 11.1. The highest BCUT2D eigenvalue weighted by molar-refractivity contribution is 7.89. The standard InChI is InChI=1S/C17H21N3O2S.ClH/c1-2-14-5-7-16(8-6-14)23(21,22)20-11-10-19-13-17(20)15-4-3-9-18-12-15;/h3-9,12,17,19H,2,10-11,13H2,1H3;1H. The highest BCUT2D eigenvalue weighted by Crippen LogP contribution is 2.28. The van der Waals surface area contributed by atoms with E-state index in [0.29, 0.717) is 24.5 Å². The lowest BCUT2D eigenvalue weighted by Crippen LogP contribution is -2.48. The van der Waals surface area contributed by atoms with Gasteiger partial charge in [-0.25, -0.2) is 8.42 Å². The first-order valence-electron chi connectivity index (χ1n) is 7.84. The van der Waals surface area contributed by atoms with Gasteiger partial charge in [0.15, 0.2) is 0 Å². The Balaban J connectivity index is 0.00000208. The predicted octanol–water partition coefficient (Wildman–Crippen LogP) is 2.40. The average molecular weight is 368 g/mol. The molecular weight excluding hydrogens is 346 g/mol. The van der Waals surface area contributed by atoms with Crippen LogP contribution in [0.1, 0.15) is 24.1 Å². The van der Waals surface area contributed by atoms with Crippen molar-refractivity contribution in [3.05, 3.63) is 59.9 Å². The molecule has 2 aromatic rings. The molecule has 1 aromatic carbocycles. The Hall–Kier alpha value is -1.47. The molecule has 0 saturated carbocycles. The summed E-state index contributed by atoms with van der Waals surface area (Å²) in [4.78, 5) is 4.47. The largest absolute Gasteiger partial charge is 0.313 e. The summed E-state index contributed by atoms with van der Waals surface area (Å²) in [5.41, 5.74) is 2.04. The van der Waals surface area contributed by atoms with Gasteiger partial charge in [0.05, 0.1) is 10.9 Å². The number of aromatic nitrogens is 1. The molecule has 0 spiro atoms. The first-order valence-corrected chi connectivity index (χ1v) is 9.28. The summed E-state index contributed by atoms with van der Waals surface area (Å²) in [5, 5.41) is 3.27. The molecule has 0 amide bonds. The zero-order valence-corrected chi connectivity index (χ0v) is 15.2. The Morgan fingerprint density at radius 1 is 1.25 bits per heavy atom. The van der Waals surface area contributed by atoms with Crippen molar-refractivity contribution in [2.24, 2.45) is 0 Å². The monoisotopic (exact) mass is 367 g/mol. The van der Waals surface area contributed by atoms with Gasteiger partial charge in [0, 0.05) is 32.0 Å². The number of benzene rings is 1. The van der Waals surface area contributed by atoms with Crippen molar-refractivity contribution in [3.8, 4) is 0 Å². The third-order valence-electron chi connectivity index (χ3n) is 4.20. The third kappa shape index (κ3) is 3.78. The van der Waals surface area contributed by atoms with Crippen molar-refractivity contribution >= 4 is 22.4 Å². The lowest BCUT2D eigenvalue weighted by Gasteiger charge is -2.35. The van der Waals surface area contributed by atoms with Gasteiger partial charge in [-0.05, 0) is 35.7 Å². The second-order valence-corrected chi connectivity index (χ2v) is 7.51. The van der Waals surface area contributed by atoms with E-state index in [1.54, 1.807) is 28.8 Å². The van der Waals surface area contributed by atoms with Gasteiger partial charge < -0.3 is 5.32 Å². The Bertz CT molecular complexity index is 751. The van der Waals surface area contributed by atoms with Crippen LogP contribution in [0.4, 0.5) is 0 Å². The van der Waals surface area contributed by atoms with Gasteiger partial charge in [-0.2, -0.15) is 4.31 Å². The molecule has 1 saturated heterocycles. The topological polar surface area (TPSA) is 62.3 Å². The van der Waals surface area contributed by atoms with Crippen molar-refractivity contribution in [3.63, 3.8) is 0 Å². The number of aryl methyl sites for hydroxylation is 1. The molecule has 1 aromatic heterocycles. The van der Waals surface area contributed by atoms with Crippen LogP contribution >= 0.6 is 12.4 Å². The summed E-state index contributed by atoms with van der Waals surface area (Å²) >= 11 is 0. The number of sulfonamides is 1. The molecule has 2 heterocycles. The molecule has 7 heteroatoms. The molecule has 5 nitrogen and oxygen atoms in total. The van der Waals surface area contributed by atoms with Crippen LogP contribution in [0, 0.1) is 0 Å². The van der Waals surface area contributed by atoms with Gasteiger partial charge in [-0.1, -0.05) is 25.1 Å². The molecule has 130 valence electrons. The van der Waals surface area contributed by atoms with Crippen LogP contribution in [0.25, 0.3) is 0 Å². The molecule has 3 rings (SSSR count). The zero-order valence-electron chi connectivity index (χ0n) is 13.6. The van der Waals surface area contributed by atoms with Crippen LogP contribution in [0.2, 0.25) is 0 Å². The fourth-order valence-corrected chi connectivity index (χ4v) is 4.48. The van der Waals surface area contributed by atoms with Crippen LogP contribution in [0.3, 0.4) is 0 Å². The molecule has 1 aliphatic heterocycles. The van der Waals surface area contributed by atoms with Gasteiger partial charge >= 0.3 is 0 Å². The summed E-state index contributed by atoms with van der Waals surface area (Å²) in [6, 6.07) is 10.7. The molecular formula is C17H22ClN3O2S. The highest BCUT2D eigenvalue weighted by atomic mass is 35.5. The van der Waals surface area contributed by atoms with Crippen LogP contribution < -0.4 is 5.32 Å². The van der Waals surface area contributed by atoms with Crippen molar-refractivity contribution in [2.75, 3.05) is 19.6 Å². The predicted molar refractivity (Wildman–Crippen MR) is 96.8 cm³/mol. The molecule has 0 bridgehead atoms. The van der Waals surface area contributed by atoms with Crippen molar-refractivity contribution < 1.29 is 8.42 Å². The fourth-order valence-electron chi connectivity index (χ4n) is 2.86. The molecule has 0 radical (unpaired) electrons. The van der Waals surface area contributed by atoms with Crippen molar-refractivity contribution in [2.45, 2.75) is 24.3 Å². The van der Waals surface area contributed by atoms with E-state index in [2.05, 4.69) is 17.2 Å². The van der Waals surface area contributed by atoms with Crippen molar-refractivity contribution in [1.29, 1.82) is 0 Å². The maximum atomic E-state index is 13.0. The van der Waals surface area contributed by atoms with Gasteiger partial charge in [-0.15, -0.1) is 12.4 Å². The molecule has 1 fully saturated rings. The average Bonchev–Trinajstić information content (AvgIpc) is 2.62. The smallest absolute Gasteiger partial charge is 0.243 e.